The summed E-state index contributed by atoms with van der Waals surface area (Å²) in [7, 11) is 0. The fourth-order valence-electron chi connectivity index (χ4n) is 5.69. The maximum absolute atomic E-state index is 13.6. The molecular formula is C27H32FN5O2. The predicted octanol–water partition coefficient (Wildman–Crippen LogP) is 4.19. The number of carbonyl (C=O) groups excluding carboxylic acids is 1. The summed E-state index contributed by atoms with van der Waals surface area (Å²) in [6, 6.07) is 8.26. The molecule has 35 heavy (non-hydrogen) atoms. The lowest BCUT2D eigenvalue weighted by molar-refractivity contribution is 0.0289. The molecule has 8 heteroatoms. The molecule has 0 atom stereocenters. The van der Waals surface area contributed by atoms with Crippen LogP contribution in [0.2, 0.25) is 0 Å². The van der Waals surface area contributed by atoms with E-state index < -0.39 is 0 Å². The minimum Gasteiger partial charge on any atom is -0.379 e. The van der Waals surface area contributed by atoms with Crippen LogP contribution in [0.25, 0.3) is 16.7 Å². The van der Waals surface area contributed by atoms with E-state index in [1.807, 2.05) is 6.07 Å². The van der Waals surface area contributed by atoms with Crippen LogP contribution in [-0.4, -0.2) is 71.9 Å². The summed E-state index contributed by atoms with van der Waals surface area (Å²) in [6.45, 7) is 6.78. The Morgan fingerprint density at radius 2 is 1.77 bits per heavy atom. The van der Waals surface area contributed by atoms with Crippen LogP contribution in [0.15, 0.2) is 30.3 Å². The molecule has 2 aromatic heterocycles. The number of benzene rings is 1. The number of carbonyl (C=O) groups is 1. The summed E-state index contributed by atoms with van der Waals surface area (Å²) in [4.78, 5) is 21.5. The summed E-state index contributed by atoms with van der Waals surface area (Å²) in [5.41, 5.74) is 3.98. The third-order valence-corrected chi connectivity index (χ3v) is 7.92. The summed E-state index contributed by atoms with van der Waals surface area (Å²) >= 11 is 0. The van der Waals surface area contributed by atoms with Gasteiger partial charge < -0.3 is 9.64 Å². The quantitative estimate of drug-likeness (QED) is 0.496. The number of anilines is 1. The van der Waals surface area contributed by atoms with Crippen molar-refractivity contribution in [3.8, 4) is 5.69 Å². The first-order chi connectivity index (χ1) is 17.2. The molecule has 1 aromatic carbocycles. The zero-order chi connectivity index (χ0) is 23.8. The van der Waals surface area contributed by atoms with Crippen molar-refractivity contribution in [2.24, 2.45) is 5.92 Å². The summed E-state index contributed by atoms with van der Waals surface area (Å²) < 4.78 is 20.9. The van der Waals surface area contributed by atoms with Gasteiger partial charge in [-0.1, -0.05) is 6.42 Å². The molecule has 3 aromatic rings. The second-order valence-electron chi connectivity index (χ2n) is 10.1. The zero-order valence-electron chi connectivity index (χ0n) is 20.0. The number of morpholine rings is 1. The highest BCUT2D eigenvalue weighted by Crippen LogP contribution is 2.43. The van der Waals surface area contributed by atoms with E-state index in [1.54, 1.807) is 16.8 Å². The number of aromatic nitrogens is 3. The lowest BCUT2D eigenvalue weighted by atomic mass is 9.82. The van der Waals surface area contributed by atoms with Gasteiger partial charge in [0.15, 0.2) is 11.9 Å². The molecule has 0 radical (unpaired) electrons. The Kier molecular flexibility index (Phi) is 6.24. The molecule has 4 heterocycles. The third-order valence-electron chi connectivity index (χ3n) is 7.92. The molecule has 6 rings (SSSR count). The molecule has 1 saturated carbocycles. The average Bonchev–Trinajstić information content (AvgIpc) is 3.23. The van der Waals surface area contributed by atoms with E-state index in [0.29, 0.717) is 23.2 Å². The Labute approximate surface area is 204 Å². The fraction of sp³-hybridized carbons (Fsp3) is 0.519. The van der Waals surface area contributed by atoms with E-state index in [2.05, 4.69) is 9.80 Å². The van der Waals surface area contributed by atoms with Crippen LogP contribution < -0.4 is 4.90 Å². The molecular weight excluding hydrogens is 445 g/mol. The molecule has 3 aliphatic rings. The Hall–Kier alpha value is -2.84. The number of ether oxygens (including phenoxy) is 1. The van der Waals surface area contributed by atoms with Gasteiger partial charge in [0.1, 0.15) is 11.5 Å². The number of hydrogen-bond donors (Lipinski definition) is 0. The standard InChI is InChI=1S/C27H32FN5O2/c28-21-4-6-23(7-5-21)33-27-25(26(30-33)20-2-1-3-20)24(16-22(18-34)29-27)32-10-8-19(9-11-32)17-31-12-14-35-15-13-31/h4-7,16,18-20H,1-3,8-15,17H2. The first-order valence-corrected chi connectivity index (χ1v) is 12.9. The SMILES string of the molecule is O=Cc1cc(N2CCC(CN3CCOCC3)CC2)c2c(C3CCC3)nn(-c3ccc(F)cc3)c2n1. The molecule has 0 N–H and O–H groups in total. The number of rotatable bonds is 6. The third kappa shape index (κ3) is 4.45. The topological polar surface area (TPSA) is 63.5 Å². The van der Waals surface area contributed by atoms with Crippen molar-refractivity contribution >= 4 is 23.0 Å². The number of halogens is 1. The Balaban J connectivity index is 1.34. The molecule has 184 valence electrons. The van der Waals surface area contributed by atoms with Crippen LogP contribution in [-0.2, 0) is 4.74 Å². The highest BCUT2D eigenvalue weighted by atomic mass is 19.1. The van der Waals surface area contributed by atoms with Gasteiger partial charge in [-0.15, -0.1) is 0 Å². The van der Waals surface area contributed by atoms with Crippen molar-refractivity contribution in [2.75, 3.05) is 50.8 Å². The molecule has 3 fully saturated rings. The van der Waals surface area contributed by atoms with E-state index in [0.717, 1.165) is 100 Å². The monoisotopic (exact) mass is 477 g/mol. The maximum atomic E-state index is 13.6. The Morgan fingerprint density at radius 3 is 2.43 bits per heavy atom. The highest BCUT2D eigenvalue weighted by molar-refractivity contribution is 5.96. The van der Waals surface area contributed by atoms with Crippen LogP contribution in [0.4, 0.5) is 10.1 Å². The number of hydrogen-bond acceptors (Lipinski definition) is 6. The van der Waals surface area contributed by atoms with Crippen molar-refractivity contribution in [3.05, 3.63) is 47.5 Å². The molecule has 2 saturated heterocycles. The van der Waals surface area contributed by atoms with Gasteiger partial charge in [0.25, 0.3) is 0 Å². The van der Waals surface area contributed by atoms with Gasteiger partial charge in [-0.2, -0.15) is 5.10 Å². The van der Waals surface area contributed by atoms with Crippen LogP contribution in [0.3, 0.4) is 0 Å². The second kappa shape index (κ2) is 9.66. The number of fused-ring (bicyclic) bond motifs is 1. The number of piperidine rings is 1. The lowest BCUT2D eigenvalue weighted by Crippen LogP contribution is -2.43. The van der Waals surface area contributed by atoms with E-state index >= 15 is 0 Å². The number of aldehydes is 1. The predicted molar refractivity (Wildman–Crippen MR) is 133 cm³/mol. The van der Waals surface area contributed by atoms with Crippen LogP contribution in [0.5, 0.6) is 0 Å². The number of nitrogens with zero attached hydrogens (tertiary/aromatic N) is 5. The highest BCUT2D eigenvalue weighted by Gasteiger charge is 2.31. The first kappa shape index (κ1) is 22.6. The number of pyridine rings is 1. The molecule has 1 aliphatic carbocycles. The van der Waals surface area contributed by atoms with Gasteiger partial charge >= 0.3 is 0 Å². The Morgan fingerprint density at radius 1 is 1.03 bits per heavy atom. The van der Waals surface area contributed by atoms with Crippen molar-refractivity contribution in [1.82, 2.24) is 19.7 Å². The Bertz CT molecular complexity index is 1190. The van der Waals surface area contributed by atoms with Gasteiger partial charge in [0.05, 0.1) is 35.7 Å². The summed E-state index contributed by atoms with van der Waals surface area (Å²) in [6.07, 6.45) is 6.51. The molecule has 2 aliphatic heterocycles. The van der Waals surface area contributed by atoms with E-state index in [-0.39, 0.29) is 5.82 Å². The van der Waals surface area contributed by atoms with E-state index in [1.165, 1.54) is 18.6 Å². The van der Waals surface area contributed by atoms with E-state index in [9.17, 15) is 9.18 Å². The molecule has 0 bridgehead atoms. The van der Waals surface area contributed by atoms with Gasteiger partial charge in [-0.25, -0.2) is 14.1 Å². The first-order valence-electron chi connectivity index (χ1n) is 12.9. The smallest absolute Gasteiger partial charge is 0.168 e. The van der Waals surface area contributed by atoms with Crippen molar-refractivity contribution in [2.45, 2.75) is 38.0 Å². The normalized spacial score (nSPS) is 20.3. The van der Waals surface area contributed by atoms with Gasteiger partial charge in [0.2, 0.25) is 0 Å². The van der Waals surface area contributed by atoms with Crippen molar-refractivity contribution < 1.29 is 13.9 Å². The summed E-state index contributed by atoms with van der Waals surface area (Å²) in [5.74, 6) is 0.799. The minimum absolute atomic E-state index is 0.286. The average molecular weight is 478 g/mol. The molecule has 0 unspecified atom stereocenters. The minimum atomic E-state index is -0.286. The van der Waals surface area contributed by atoms with Crippen LogP contribution in [0.1, 0.15) is 54.2 Å². The molecule has 7 nitrogen and oxygen atoms in total. The second-order valence-corrected chi connectivity index (χ2v) is 10.1. The van der Waals surface area contributed by atoms with Crippen LogP contribution >= 0.6 is 0 Å². The summed E-state index contributed by atoms with van der Waals surface area (Å²) in [5, 5.41) is 6.06. The van der Waals surface area contributed by atoms with Gasteiger partial charge in [0, 0.05) is 38.6 Å². The van der Waals surface area contributed by atoms with Gasteiger partial charge in [-0.05, 0) is 61.9 Å². The molecule has 0 amide bonds. The van der Waals surface area contributed by atoms with Crippen molar-refractivity contribution in [1.29, 1.82) is 0 Å². The largest absolute Gasteiger partial charge is 0.379 e. The maximum Gasteiger partial charge on any atom is 0.168 e. The molecule has 0 spiro atoms. The van der Waals surface area contributed by atoms with Gasteiger partial charge in [-0.3, -0.25) is 9.69 Å². The lowest BCUT2D eigenvalue weighted by Gasteiger charge is -2.37. The van der Waals surface area contributed by atoms with E-state index in [4.69, 9.17) is 14.8 Å². The zero-order valence-corrected chi connectivity index (χ0v) is 20.0. The van der Waals surface area contributed by atoms with Crippen molar-refractivity contribution in [3.63, 3.8) is 0 Å². The van der Waals surface area contributed by atoms with Crippen LogP contribution in [0, 0.1) is 11.7 Å². The fourth-order valence-corrected chi connectivity index (χ4v) is 5.69.